The van der Waals surface area contributed by atoms with Gasteiger partial charge in [-0.25, -0.2) is 0 Å². The molecule has 0 unspecified atom stereocenters. The van der Waals surface area contributed by atoms with Crippen molar-refractivity contribution < 1.29 is 23.1 Å². The zero-order valence-corrected chi connectivity index (χ0v) is 12.3. The first-order valence-electron chi connectivity index (χ1n) is 6.41. The summed E-state index contributed by atoms with van der Waals surface area (Å²) in [4.78, 5) is 24.8. The van der Waals surface area contributed by atoms with Gasteiger partial charge in [-0.3, -0.25) is 14.5 Å². The van der Waals surface area contributed by atoms with E-state index in [4.69, 9.17) is 5.11 Å². The summed E-state index contributed by atoms with van der Waals surface area (Å²) in [5.74, 6) is -1.62. The zero-order valence-electron chi connectivity index (χ0n) is 11.5. The van der Waals surface area contributed by atoms with Crippen LogP contribution in [0.3, 0.4) is 0 Å². The molecule has 0 spiro atoms. The van der Waals surface area contributed by atoms with Crippen molar-refractivity contribution in [2.75, 3.05) is 11.4 Å². The lowest BCUT2D eigenvalue weighted by Crippen LogP contribution is -2.36. The molecule has 0 aromatic heterocycles. The minimum Gasteiger partial charge on any atom is -0.480 e. The molecule has 0 saturated carbocycles. The summed E-state index contributed by atoms with van der Waals surface area (Å²) < 4.78 is 21.7. The van der Waals surface area contributed by atoms with Crippen molar-refractivity contribution in [3.8, 4) is 0 Å². The number of carbonyl (C=O) groups is 2. The third-order valence-electron chi connectivity index (χ3n) is 3.04. The third kappa shape index (κ3) is 3.70. The van der Waals surface area contributed by atoms with Gasteiger partial charge in [0.05, 0.1) is 4.86 Å². The van der Waals surface area contributed by atoms with Crippen LogP contribution in [-0.4, -0.2) is 36.8 Å². The van der Waals surface area contributed by atoms with Crippen molar-refractivity contribution >= 4 is 32.7 Å². The number of nitrogens with zero attached hydrogens (tertiary/aromatic N) is 1. The van der Waals surface area contributed by atoms with Crippen LogP contribution in [0.5, 0.6) is 0 Å². The summed E-state index contributed by atoms with van der Waals surface area (Å²) >= 11 is 0. The van der Waals surface area contributed by atoms with E-state index in [1.165, 1.54) is 18.2 Å². The molecule has 0 heterocycles. The molecular formula is C15H13NO5S. The Kier molecular flexibility index (Phi) is 4.90. The fourth-order valence-corrected chi connectivity index (χ4v) is 2.39. The van der Waals surface area contributed by atoms with Crippen LogP contribution in [0.1, 0.15) is 6.42 Å². The topological polar surface area (TPSA) is 91.8 Å². The molecule has 0 radical (unpaired) electrons. The Balaban J connectivity index is 2.30. The van der Waals surface area contributed by atoms with Crippen LogP contribution in [-0.2, 0) is 19.9 Å². The third-order valence-corrected chi connectivity index (χ3v) is 3.77. The van der Waals surface area contributed by atoms with Crippen molar-refractivity contribution in [1.29, 1.82) is 0 Å². The molecule has 6 nitrogen and oxygen atoms in total. The van der Waals surface area contributed by atoms with E-state index in [9.17, 15) is 18.0 Å². The van der Waals surface area contributed by atoms with Crippen molar-refractivity contribution in [3.05, 3.63) is 54.1 Å². The fraction of sp³-hybridized carbons (Fsp3) is 0.133. The maximum Gasteiger partial charge on any atom is 0.323 e. The van der Waals surface area contributed by atoms with Crippen LogP contribution in [0.2, 0.25) is 0 Å². The van der Waals surface area contributed by atoms with Gasteiger partial charge in [-0.15, -0.1) is 0 Å². The average Bonchev–Trinajstić information content (AvgIpc) is 2.52. The van der Waals surface area contributed by atoms with Crippen LogP contribution in [0.25, 0.3) is 0 Å². The Morgan fingerprint density at radius 1 is 1.14 bits per heavy atom. The Morgan fingerprint density at radius 3 is 2.32 bits per heavy atom. The van der Waals surface area contributed by atoms with Crippen LogP contribution in [0.15, 0.2) is 54.1 Å². The highest BCUT2D eigenvalue weighted by atomic mass is 32.2. The minimum absolute atomic E-state index is 0.114. The first-order valence-corrected chi connectivity index (χ1v) is 7.48. The lowest BCUT2D eigenvalue weighted by Gasteiger charge is -2.22. The Morgan fingerprint density at radius 2 is 1.82 bits per heavy atom. The van der Waals surface area contributed by atoms with Crippen LogP contribution >= 0.6 is 0 Å². The van der Waals surface area contributed by atoms with E-state index in [0.717, 1.165) is 4.90 Å². The number of hydrogen-bond donors (Lipinski definition) is 1. The summed E-state index contributed by atoms with van der Waals surface area (Å²) in [6.07, 6.45) is 4.32. The molecule has 0 saturated heterocycles. The van der Waals surface area contributed by atoms with Gasteiger partial charge in [0.15, 0.2) is 0 Å². The fourth-order valence-electron chi connectivity index (χ4n) is 1.99. The maximum absolute atomic E-state index is 12.5. The highest BCUT2D eigenvalue weighted by Gasteiger charge is 2.22. The molecule has 114 valence electrons. The first kappa shape index (κ1) is 15.7. The van der Waals surface area contributed by atoms with Gasteiger partial charge in [0, 0.05) is 17.7 Å². The molecule has 0 bridgehead atoms. The number of amides is 1. The standard InChI is InChI=1S/C15H13NO5S/c17-14(18)10-16(12-4-2-1-3-5-12)15(19)11-6-8-13(9-7-11)22(20)21/h1-8H,9-10H2,(H,17,18). The quantitative estimate of drug-likeness (QED) is 0.837. The zero-order chi connectivity index (χ0) is 16.1. The summed E-state index contributed by atoms with van der Waals surface area (Å²) in [6.45, 7) is -0.474. The Hall–Kier alpha value is -2.67. The molecule has 7 heteroatoms. The second-order valence-corrected chi connectivity index (χ2v) is 5.51. The predicted molar refractivity (Wildman–Crippen MR) is 82.2 cm³/mol. The molecule has 22 heavy (non-hydrogen) atoms. The van der Waals surface area contributed by atoms with Crippen molar-refractivity contribution in [2.24, 2.45) is 0 Å². The van der Waals surface area contributed by atoms with E-state index in [1.807, 2.05) is 0 Å². The van der Waals surface area contributed by atoms with Gasteiger partial charge in [-0.05, 0) is 24.3 Å². The number of anilines is 1. The highest BCUT2D eigenvalue weighted by molar-refractivity contribution is 7.73. The van der Waals surface area contributed by atoms with Crippen LogP contribution in [0, 0.1) is 0 Å². The second-order valence-electron chi connectivity index (χ2n) is 4.52. The number of hydrogen-bond acceptors (Lipinski definition) is 4. The Bertz CT molecular complexity index is 782. The molecule has 1 amide bonds. The van der Waals surface area contributed by atoms with E-state index in [-0.39, 0.29) is 16.9 Å². The van der Waals surface area contributed by atoms with Crippen molar-refractivity contribution in [2.45, 2.75) is 6.42 Å². The molecule has 0 fully saturated rings. The number of allylic oxidation sites excluding steroid dienone is 2. The smallest absolute Gasteiger partial charge is 0.323 e. The Labute approximate surface area is 128 Å². The van der Waals surface area contributed by atoms with Crippen molar-refractivity contribution in [3.63, 3.8) is 0 Å². The number of carbonyl (C=O) groups excluding carboxylic acids is 1. The molecule has 1 aromatic rings. The summed E-state index contributed by atoms with van der Waals surface area (Å²) in [5, 5.41) is 8.99. The van der Waals surface area contributed by atoms with Gasteiger partial charge in [-0.1, -0.05) is 24.3 Å². The van der Waals surface area contributed by atoms with Gasteiger partial charge in [0.25, 0.3) is 5.91 Å². The van der Waals surface area contributed by atoms with E-state index >= 15 is 0 Å². The first-order chi connectivity index (χ1) is 10.5. The summed E-state index contributed by atoms with van der Waals surface area (Å²) in [7, 11) is -2.32. The SMILES string of the molecule is O=C(O)CN(C(=O)C1=CCC(=S(=O)=O)C=C1)c1ccccc1. The summed E-state index contributed by atoms with van der Waals surface area (Å²) in [6, 6.07) is 8.44. The lowest BCUT2D eigenvalue weighted by molar-refractivity contribution is -0.136. The number of benzene rings is 1. The number of carboxylic acid groups (broad SMARTS) is 1. The number of aliphatic carboxylic acids is 1. The second kappa shape index (κ2) is 6.86. The number of carboxylic acids is 1. The van der Waals surface area contributed by atoms with E-state index in [0.29, 0.717) is 5.69 Å². The van der Waals surface area contributed by atoms with Gasteiger partial charge in [-0.2, -0.15) is 8.42 Å². The molecule has 1 aliphatic carbocycles. The molecule has 1 N–H and O–H groups in total. The normalized spacial score (nSPS) is 13.5. The minimum atomic E-state index is -2.32. The lowest BCUT2D eigenvalue weighted by atomic mass is 10.1. The van der Waals surface area contributed by atoms with Crippen molar-refractivity contribution in [1.82, 2.24) is 0 Å². The van der Waals surface area contributed by atoms with E-state index in [2.05, 4.69) is 0 Å². The maximum atomic E-state index is 12.5. The number of para-hydroxylation sites is 1. The number of rotatable bonds is 4. The van der Waals surface area contributed by atoms with Gasteiger partial charge in [0.1, 0.15) is 6.54 Å². The molecule has 2 rings (SSSR count). The van der Waals surface area contributed by atoms with E-state index < -0.39 is 28.7 Å². The largest absolute Gasteiger partial charge is 0.480 e. The van der Waals surface area contributed by atoms with Crippen LogP contribution < -0.4 is 4.90 Å². The van der Waals surface area contributed by atoms with Gasteiger partial charge >= 0.3 is 5.97 Å². The molecule has 0 atom stereocenters. The van der Waals surface area contributed by atoms with E-state index in [1.54, 1.807) is 30.3 Å². The highest BCUT2D eigenvalue weighted by Crippen LogP contribution is 2.18. The monoisotopic (exact) mass is 319 g/mol. The summed E-state index contributed by atoms with van der Waals surface area (Å²) in [5.41, 5.74) is 0.727. The average molecular weight is 319 g/mol. The van der Waals surface area contributed by atoms with Crippen LogP contribution in [0.4, 0.5) is 5.69 Å². The predicted octanol–water partition coefficient (Wildman–Crippen LogP) is 1.04. The van der Waals surface area contributed by atoms with Gasteiger partial charge < -0.3 is 5.11 Å². The molecule has 1 aromatic carbocycles. The molecular weight excluding hydrogens is 306 g/mol. The van der Waals surface area contributed by atoms with Gasteiger partial charge in [0.2, 0.25) is 10.3 Å². The molecule has 0 aliphatic heterocycles. The molecule has 1 aliphatic rings.